The Kier molecular flexibility index (Phi) is 11.4. The van der Waals surface area contributed by atoms with Crippen LogP contribution in [-0.2, 0) is 31.9 Å². The van der Waals surface area contributed by atoms with Crippen LogP contribution < -0.4 is 4.40 Å². The third-order valence-electron chi connectivity index (χ3n) is 11.0. The van der Waals surface area contributed by atoms with E-state index in [1.807, 2.05) is 81.7 Å². The van der Waals surface area contributed by atoms with Crippen LogP contribution in [0.1, 0.15) is 81.1 Å². The van der Waals surface area contributed by atoms with E-state index in [0.29, 0.717) is 5.92 Å². The van der Waals surface area contributed by atoms with Gasteiger partial charge in [0, 0.05) is 33.1 Å². The maximum Gasteiger partial charge on any atom is 0.121 e. The van der Waals surface area contributed by atoms with E-state index in [-0.39, 0.29) is 32.4 Å². The summed E-state index contributed by atoms with van der Waals surface area (Å²) in [6.45, 7) is 10.9. The van der Waals surface area contributed by atoms with Gasteiger partial charge in [-0.15, -0.1) is 12.1 Å². The van der Waals surface area contributed by atoms with Crippen LogP contribution in [0.25, 0.3) is 55.6 Å². The molecule has 3 nitrogen and oxygen atoms in total. The minimum atomic E-state index is -2.24. The van der Waals surface area contributed by atoms with Crippen LogP contribution >= 0.6 is 0 Å². The fourth-order valence-electron chi connectivity index (χ4n) is 8.01. The number of hydrogen-bond donors (Lipinski definition) is 0. The Morgan fingerprint density at radius 1 is 0.857 bits per heavy atom. The molecule has 3 heterocycles. The van der Waals surface area contributed by atoms with Crippen LogP contribution in [0, 0.1) is 30.4 Å². The fourth-order valence-corrected chi connectivity index (χ4v) is 10.9. The third kappa shape index (κ3) is 9.15. The summed E-state index contributed by atoms with van der Waals surface area (Å²) in [6.07, 6.45) is 7.71. The molecule has 1 fully saturated rings. The number of hydrogen-bond acceptors (Lipinski definition) is 3. The summed E-state index contributed by atoms with van der Waals surface area (Å²) < 4.78 is 33.0. The van der Waals surface area contributed by atoms with Gasteiger partial charge in [-0.3, -0.25) is 0 Å². The van der Waals surface area contributed by atoms with E-state index in [4.69, 9.17) is 13.5 Å². The summed E-state index contributed by atoms with van der Waals surface area (Å²) >= 11 is -2.24. The molecule has 0 bridgehead atoms. The van der Waals surface area contributed by atoms with Gasteiger partial charge in [0.25, 0.3) is 0 Å². The third-order valence-corrected chi connectivity index (χ3v) is 15.3. The molecule has 291 valence electrons. The van der Waals surface area contributed by atoms with Crippen LogP contribution in [0.3, 0.4) is 0 Å². The van der Waals surface area contributed by atoms with Crippen molar-refractivity contribution in [3.63, 3.8) is 0 Å². The Morgan fingerprint density at radius 3 is 2.29 bits per heavy atom. The number of aromatic nitrogens is 2. The summed E-state index contributed by atoms with van der Waals surface area (Å²) in [6, 6.07) is 39.4. The van der Waals surface area contributed by atoms with Crippen LogP contribution in [0.5, 0.6) is 0 Å². The molecule has 5 heteroatoms. The summed E-state index contributed by atoms with van der Waals surface area (Å²) in [5, 5.41) is 2.15. The first-order valence-electron chi connectivity index (χ1n) is 21.4. The molecule has 1 aliphatic carbocycles. The van der Waals surface area contributed by atoms with Crippen molar-refractivity contribution in [3.8, 4) is 33.6 Å². The van der Waals surface area contributed by atoms with E-state index < -0.39 is 25.1 Å². The molecule has 1 radical (unpaired) electrons. The Balaban J connectivity index is 0.000000213. The van der Waals surface area contributed by atoms with Gasteiger partial charge in [-0.2, -0.15) is 0 Å². The number of furan rings is 1. The zero-order chi connectivity index (χ0) is 41.5. The minimum Gasteiger partial charge on any atom is -0.501 e. The van der Waals surface area contributed by atoms with Crippen molar-refractivity contribution in [1.29, 1.82) is 0 Å². The number of rotatable bonds is 7. The number of benzene rings is 4. The molecule has 0 amide bonds. The fraction of sp³-hybridized carbons (Fsp3) is 0.333. The molecule has 7 aromatic rings. The summed E-state index contributed by atoms with van der Waals surface area (Å²) in [5.74, 6) is 7.56. The smallest absolute Gasteiger partial charge is 0.121 e. The van der Waals surface area contributed by atoms with Gasteiger partial charge in [0.2, 0.25) is 0 Å². The molecule has 0 spiro atoms. The van der Waals surface area contributed by atoms with E-state index in [1.165, 1.54) is 31.2 Å². The zero-order valence-electron chi connectivity index (χ0n) is 37.1. The van der Waals surface area contributed by atoms with Gasteiger partial charge in [0.1, 0.15) is 5.58 Å². The van der Waals surface area contributed by atoms with Crippen molar-refractivity contribution in [2.24, 2.45) is 11.3 Å². The van der Waals surface area contributed by atoms with Crippen molar-refractivity contribution in [2.45, 2.75) is 96.3 Å². The molecule has 4 aromatic carbocycles. The summed E-state index contributed by atoms with van der Waals surface area (Å²) in [4.78, 5) is 9.41. The Morgan fingerprint density at radius 2 is 1.61 bits per heavy atom. The van der Waals surface area contributed by atoms with E-state index >= 15 is 0 Å². The van der Waals surface area contributed by atoms with E-state index in [2.05, 4.69) is 96.8 Å². The standard InChI is InChI=1S/C32H30NO.C19H26GeN.Ir/c1-21-13-14-27-29(19-21)34-31-26(16-15-25(30(27)31)22-9-5-4-6-10-22)28-20-24(17-18-33-28)32(2,3)23-11-7-8-12-23;1-19(2,3)13-16-12-18(15-10-8-7-9-11-15)21-14-17(16)20(4,5)6;/h4-6,9-10,13-15,17-20,23H,7-8,11-12H2,1-3H3;7-10,12,14H,13H2,1-6H3;/q2*-1;/i1D;13D2;. The van der Waals surface area contributed by atoms with Crippen LogP contribution in [0.4, 0.5) is 0 Å². The molecule has 0 N–H and O–H groups in total. The Bertz CT molecular complexity index is 2530. The number of pyridine rings is 2. The van der Waals surface area contributed by atoms with Crippen LogP contribution in [0.2, 0.25) is 17.3 Å². The molecule has 3 aromatic heterocycles. The molecule has 0 unspecified atom stereocenters. The summed E-state index contributed by atoms with van der Waals surface area (Å²) in [5.41, 5.74) is 10.1. The molecule has 8 rings (SSSR count). The van der Waals surface area contributed by atoms with Crippen molar-refractivity contribution in [2.75, 3.05) is 0 Å². The quantitative estimate of drug-likeness (QED) is 0.118. The first-order chi connectivity index (χ1) is 27.5. The minimum absolute atomic E-state index is 0. The average Bonchev–Trinajstić information content (AvgIpc) is 3.90. The van der Waals surface area contributed by atoms with Crippen molar-refractivity contribution in [1.82, 2.24) is 9.97 Å². The van der Waals surface area contributed by atoms with Gasteiger partial charge in [0.05, 0.1) is 5.58 Å². The second-order valence-electron chi connectivity index (χ2n) is 17.7. The predicted octanol–water partition coefficient (Wildman–Crippen LogP) is 13.6. The molecule has 1 aliphatic rings. The second kappa shape index (κ2) is 17.0. The number of aryl methyl sites for hydroxylation is 1. The first-order valence-corrected chi connectivity index (χ1v) is 27.0. The zero-order valence-corrected chi connectivity index (χ0v) is 38.6. The van der Waals surface area contributed by atoms with Crippen molar-refractivity contribution >= 4 is 39.6 Å². The maximum absolute atomic E-state index is 8.76. The van der Waals surface area contributed by atoms with E-state index in [1.54, 1.807) is 0 Å². The van der Waals surface area contributed by atoms with Crippen molar-refractivity contribution < 1.29 is 28.6 Å². The summed E-state index contributed by atoms with van der Waals surface area (Å²) in [7, 11) is 0. The molecule has 56 heavy (non-hydrogen) atoms. The average molecular weight is 981 g/mol. The van der Waals surface area contributed by atoms with Gasteiger partial charge < -0.3 is 9.40 Å². The molecule has 0 aliphatic heterocycles. The van der Waals surface area contributed by atoms with Gasteiger partial charge in [0.15, 0.2) is 0 Å². The molecule has 0 saturated heterocycles. The van der Waals surface area contributed by atoms with E-state index in [0.717, 1.165) is 71.1 Å². The largest absolute Gasteiger partial charge is 0.501 e. The topological polar surface area (TPSA) is 38.9 Å². The number of nitrogens with zero attached hydrogens (tertiary/aromatic N) is 2. The van der Waals surface area contributed by atoms with E-state index in [9.17, 15) is 0 Å². The number of fused-ring (bicyclic) bond motifs is 3. The van der Waals surface area contributed by atoms with Gasteiger partial charge in [-0.25, -0.2) is 0 Å². The van der Waals surface area contributed by atoms with Crippen LogP contribution in [-0.4, -0.2) is 23.2 Å². The predicted molar refractivity (Wildman–Crippen MR) is 236 cm³/mol. The van der Waals surface area contributed by atoms with Gasteiger partial charge >= 0.3 is 135 Å². The Hall–Kier alpha value is -3.83. The molecule has 0 atom stereocenters. The molecular weight excluding hydrogens is 921 g/mol. The monoisotopic (exact) mass is 982 g/mol. The second-order valence-corrected chi connectivity index (χ2v) is 28.3. The normalized spacial score (nSPS) is 14.8. The maximum atomic E-state index is 8.76. The Labute approximate surface area is 355 Å². The van der Waals surface area contributed by atoms with Crippen molar-refractivity contribution in [3.05, 3.63) is 138 Å². The molecular formula is C51H56GeIrN2O-2. The first kappa shape index (κ1) is 37.7. The van der Waals surface area contributed by atoms with Gasteiger partial charge in [-0.05, 0) is 65.4 Å². The molecule has 1 saturated carbocycles. The van der Waals surface area contributed by atoms with Gasteiger partial charge in [-0.1, -0.05) is 91.9 Å². The SMILES string of the molecule is [2H]C([2H])(c1cc(-c2[c-]cccc2)nc[c]1[Ge]([CH3])([CH3])[CH3])C(C)(C)C.[2H]Cc1ccc2c(c1)oc1c(-c3cc(C(C)(C)C4CCCC4)ccn3)[c-]cc(-c3ccccc3)c12.[Ir]. The van der Waals surface area contributed by atoms with Crippen LogP contribution in [0.15, 0.2) is 114 Å².